The zero-order chi connectivity index (χ0) is 23.0. The van der Waals surface area contributed by atoms with Gasteiger partial charge in [0.05, 0.1) is 17.7 Å². The molecule has 0 N–H and O–H groups in total. The highest BCUT2D eigenvalue weighted by Gasteiger charge is 2.20. The summed E-state index contributed by atoms with van der Waals surface area (Å²) in [5.74, 6) is 0.533. The van der Waals surface area contributed by atoms with E-state index in [-0.39, 0.29) is 11.4 Å². The zero-order valence-electron chi connectivity index (χ0n) is 19.3. The maximum absolute atomic E-state index is 13.8. The predicted octanol–water partition coefficient (Wildman–Crippen LogP) is 3.71. The minimum Gasteiger partial charge on any atom is -0.491 e. The van der Waals surface area contributed by atoms with Crippen LogP contribution >= 0.6 is 0 Å². The summed E-state index contributed by atoms with van der Waals surface area (Å²) in [6.07, 6.45) is 3.92. The first kappa shape index (κ1) is 23.2. The molecule has 0 radical (unpaired) electrons. The second-order valence-electron chi connectivity index (χ2n) is 8.48. The fourth-order valence-electron chi connectivity index (χ4n) is 4.23. The summed E-state index contributed by atoms with van der Waals surface area (Å²) in [6.45, 7) is 7.91. The Labute approximate surface area is 193 Å². The number of hydrogen-bond acceptors (Lipinski definition) is 6. The van der Waals surface area contributed by atoms with Gasteiger partial charge >= 0.3 is 0 Å². The highest BCUT2D eigenvalue weighted by Crippen LogP contribution is 2.30. The van der Waals surface area contributed by atoms with Crippen molar-refractivity contribution in [3.63, 3.8) is 0 Å². The van der Waals surface area contributed by atoms with Crippen molar-refractivity contribution in [3.8, 4) is 5.75 Å². The Morgan fingerprint density at radius 3 is 2.61 bits per heavy atom. The van der Waals surface area contributed by atoms with Crippen molar-refractivity contribution >= 4 is 16.6 Å². The molecule has 176 valence electrons. The van der Waals surface area contributed by atoms with Gasteiger partial charge in [0.1, 0.15) is 17.1 Å². The monoisotopic (exact) mass is 453 g/mol. The Morgan fingerprint density at radius 1 is 1.00 bits per heavy atom. The van der Waals surface area contributed by atoms with Crippen LogP contribution < -0.4 is 15.2 Å². The van der Waals surface area contributed by atoms with Crippen LogP contribution in [0.4, 0.5) is 10.1 Å². The maximum Gasteiger partial charge on any atom is 0.277 e. The Balaban J connectivity index is 1.21. The molecule has 4 rings (SSSR count). The van der Waals surface area contributed by atoms with Crippen molar-refractivity contribution in [3.05, 3.63) is 58.6 Å². The molecule has 2 aromatic carbocycles. The summed E-state index contributed by atoms with van der Waals surface area (Å²) in [5.41, 5.74) is 1.42. The summed E-state index contributed by atoms with van der Waals surface area (Å²) >= 11 is 0. The van der Waals surface area contributed by atoms with E-state index in [1.807, 2.05) is 12.1 Å². The van der Waals surface area contributed by atoms with Crippen molar-refractivity contribution in [2.75, 3.05) is 44.2 Å². The number of aromatic nitrogens is 3. The van der Waals surface area contributed by atoms with Gasteiger partial charge in [-0.1, -0.05) is 30.7 Å². The third-order valence-corrected chi connectivity index (χ3v) is 6.07. The molecule has 33 heavy (non-hydrogen) atoms. The Hall–Kier alpha value is -3.00. The summed E-state index contributed by atoms with van der Waals surface area (Å²) in [6, 6.07) is 12.1. The molecule has 1 aliphatic rings. The number of benzene rings is 2. The Kier molecular flexibility index (Phi) is 7.88. The standard InChI is InChI=1S/C25H32FN5O2/c1-2-18-33-24-11-10-20(26)19-23(24)30-16-14-29(15-17-30)12-6-3-7-13-31-25(32)21-8-4-5-9-22(21)27-28-31/h4-5,8-11,19H,2-3,6-7,12-18H2,1H3. The van der Waals surface area contributed by atoms with E-state index in [2.05, 4.69) is 27.0 Å². The molecule has 0 spiro atoms. The molecule has 0 aliphatic carbocycles. The lowest BCUT2D eigenvalue weighted by Gasteiger charge is -2.36. The molecule has 2 heterocycles. The lowest BCUT2D eigenvalue weighted by Crippen LogP contribution is -2.46. The average Bonchev–Trinajstić information content (AvgIpc) is 2.85. The molecule has 8 heteroatoms. The molecule has 1 fully saturated rings. The largest absolute Gasteiger partial charge is 0.491 e. The Morgan fingerprint density at radius 2 is 1.79 bits per heavy atom. The summed E-state index contributed by atoms with van der Waals surface area (Å²) in [4.78, 5) is 17.2. The molecular formula is C25H32FN5O2. The first-order valence-corrected chi connectivity index (χ1v) is 11.9. The molecule has 1 saturated heterocycles. The lowest BCUT2D eigenvalue weighted by molar-refractivity contribution is 0.249. The van der Waals surface area contributed by atoms with Gasteiger partial charge in [-0.25, -0.2) is 9.07 Å². The number of halogens is 1. The van der Waals surface area contributed by atoms with Crippen LogP contribution in [-0.2, 0) is 6.54 Å². The van der Waals surface area contributed by atoms with Crippen LogP contribution in [-0.4, -0.2) is 59.2 Å². The van der Waals surface area contributed by atoms with Crippen LogP contribution in [0.2, 0.25) is 0 Å². The van der Waals surface area contributed by atoms with Crippen molar-refractivity contribution in [1.29, 1.82) is 0 Å². The van der Waals surface area contributed by atoms with Crippen LogP contribution in [0, 0.1) is 5.82 Å². The van der Waals surface area contributed by atoms with Gasteiger partial charge in [0, 0.05) is 38.8 Å². The normalized spacial score (nSPS) is 14.7. The number of anilines is 1. The number of ether oxygens (including phenoxy) is 1. The second kappa shape index (κ2) is 11.2. The third kappa shape index (κ3) is 5.87. The number of piperazine rings is 1. The van der Waals surface area contributed by atoms with E-state index in [1.165, 1.54) is 10.7 Å². The van der Waals surface area contributed by atoms with Crippen molar-refractivity contribution in [2.24, 2.45) is 0 Å². The number of rotatable bonds is 10. The fraction of sp³-hybridized carbons (Fsp3) is 0.480. The zero-order valence-corrected chi connectivity index (χ0v) is 19.3. The molecule has 0 atom stereocenters. The number of aryl methyl sites for hydroxylation is 1. The van der Waals surface area contributed by atoms with Crippen molar-refractivity contribution < 1.29 is 9.13 Å². The van der Waals surface area contributed by atoms with Gasteiger partial charge in [0.15, 0.2) is 0 Å². The van der Waals surface area contributed by atoms with Crippen LogP contribution in [0.1, 0.15) is 32.6 Å². The lowest BCUT2D eigenvalue weighted by atomic mass is 10.2. The Bertz CT molecular complexity index is 1110. The van der Waals surface area contributed by atoms with Crippen LogP contribution in [0.5, 0.6) is 5.75 Å². The van der Waals surface area contributed by atoms with E-state index in [0.29, 0.717) is 24.1 Å². The number of nitrogens with zero attached hydrogens (tertiary/aromatic N) is 5. The van der Waals surface area contributed by atoms with Crippen molar-refractivity contribution in [1.82, 2.24) is 19.9 Å². The summed E-state index contributed by atoms with van der Waals surface area (Å²) in [5, 5.41) is 8.82. The molecule has 1 aliphatic heterocycles. The maximum atomic E-state index is 13.8. The van der Waals surface area contributed by atoms with E-state index >= 15 is 0 Å². The molecular weight excluding hydrogens is 421 g/mol. The van der Waals surface area contributed by atoms with Crippen LogP contribution in [0.15, 0.2) is 47.3 Å². The molecule has 0 saturated carbocycles. The third-order valence-electron chi connectivity index (χ3n) is 6.07. The highest BCUT2D eigenvalue weighted by atomic mass is 19.1. The fourth-order valence-corrected chi connectivity index (χ4v) is 4.23. The highest BCUT2D eigenvalue weighted by molar-refractivity contribution is 5.76. The first-order valence-electron chi connectivity index (χ1n) is 11.9. The van der Waals surface area contributed by atoms with Gasteiger partial charge in [-0.15, -0.1) is 5.10 Å². The van der Waals surface area contributed by atoms with Crippen LogP contribution in [0.25, 0.3) is 10.9 Å². The number of unbranched alkanes of at least 4 members (excludes halogenated alkanes) is 2. The minimum absolute atomic E-state index is 0.0728. The van der Waals surface area contributed by atoms with E-state index in [1.54, 1.807) is 24.3 Å². The molecule has 3 aromatic rings. The molecule has 0 bridgehead atoms. The molecule has 0 amide bonds. The number of fused-ring (bicyclic) bond motifs is 1. The molecule has 7 nitrogen and oxygen atoms in total. The molecule has 1 aromatic heterocycles. The predicted molar refractivity (Wildman–Crippen MR) is 128 cm³/mol. The van der Waals surface area contributed by atoms with E-state index < -0.39 is 0 Å². The van der Waals surface area contributed by atoms with Gasteiger partial charge < -0.3 is 9.64 Å². The average molecular weight is 454 g/mol. The minimum atomic E-state index is -0.230. The topological polar surface area (TPSA) is 63.5 Å². The summed E-state index contributed by atoms with van der Waals surface area (Å²) < 4.78 is 21.1. The first-order chi connectivity index (χ1) is 16.2. The van der Waals surface area contributed by atoms with E-state index in [4.69, 9.17) is 4.74 Å². The molecule has 0 unspecified atom stereocenters. The van der Waals surface area contributed by atoms with Gasteiger partial charge in [0.25, 0.3) is 5.56 Å². The number of hydrogen-bond donors (Lipinski definition) is 0. The van der Waals surface area contributed by atoms with Crippen molar-refractivity contribution in [2.45, 2.75) is 39.2 Å². The van der Waals surface area contributed by atoms with Gasteiger partial charge in [-0.3, -0.25) is 9.69 Å². The van der Waals surface area contributed by atoms with Gasteiger partial charge in [0.2, 0.25) is 0 Å². The summed E-state index contributed by atoms with van der Waals surface area (Å²) in [7, 11) is 0. The smallest absolute Gasteiger partial charge is 0.277 e. The quantitative estimate of drug-likeness (QED) is 0.436. The SMILES string of the molecule is CCCOc1ccc(F)cc1N1CCN(CCCCCn2nnc3ccccc3c2=O)CC1. The second-order valence-corrected chi connectivity index (χ2v) is 8.48. The van der Waals surface area contributed by atoms with E-state index in [9.17, 15) is 9.18 Å². The van der Waals surface area contributed by atoms with Crippen LogP contribution in [0.3, 0.4) is 0 Å². The van der Waals surface area contributed by atoms with E-state index in [0.717, 1.165) is 69.8 Å². The van der Waals surface area contributed by atoms with Gasteiger partial charge in [-0.2, -0.15) is 0 Å². The van der Waals surface area contributed by atoms with Gasteiger partial charge in [-0.05, 0) is 50.1 Å².